The summed E-state index contributed by atoms with van der Waals surface area (Å²) < 4.78 is 10.2. The molecule has 0 heterocycles. The molecule has 76 valence electrons. The van der Waals surface area contributed by atoms with Crippen LogP contribution in [-0.4, -0.2) is 25.3 Å². The third-order valence-corrected chi connectivity index (χ3v) is 3.00. The smallest absolute Gasteiger partial charge is 0.306 e. The van der Waals surface area contributed by atoms with Crippen molar-refractivity contribution in [2.45, 2.75) is 20.3 Å². The molecule has 0 aromatic heterocycles. The van der Waals surface area contributed by atoms with Gasteiger partial charge in [-0.1, -0.05) is 6.58 Å². The molecule has 0 saturated carbocycles. The van der Waals surface area contributed by atoms with Gasteiger partial charge < -0.3 is 9.26 Å². The van der Waals surface area contributed by atoms with Crippen LogP contribution in [0.2, 0.25) is 0 Å². The van der Waals surface area contributed by atoms with Gasteiger partial charge in [-0.25, -0.2) is 0 Å². The van der Waals surface area contributed by atoms with Crippen molar-refractivity contribution in [1.82, 2.24) is 0 Å². The number of esters is 1. The van der Waals surface area contributed by atoms with E-state index in [0.29, 0.717) is 25.8 Å². The molecular weight excluding hydrogens is 187 g/mol. The number of hydrogen-bond acceptors (Lipinski definition) is 3. The molecule has 0 N–H and O–H groups in total. The summed E-state index contributed by atoms with van der Waals surface area (Å²) in [6.45, 7) is 8.50. The second-order valence-electron chi connectivity index (χ2n) is 2.30. The Bertz CT molecular complexity index is 159. The first kappa shape index (κ1) is 12.6. The summed E-state index contributed by atoms with van der Waals surface area (Å²) in [5.41, 5.74) is 0. The molecule has 0 bridgehead atoms. The Labute approximate surface area is 80.9 Å². The molecule has 13 heavy (non-hydrogen) atoms. The minimum atomic E-state index is -0.639. The van der Waals surface area contributed by atoms with E-state index < -0.39 is 8.15 Å². The van der Waals surface area contributed by atoms with Gasteiger partial charge in [0.15, 0.2) is 0 Å². The fourth-order valence-corrected chi connectivity index (χ4v) is 1.96. The number of carbonyl (C=O) groups excluding carboxylic acids is 1. The maximum atomic E-state index is 11.0. The molecule has 0 fully saturated rings. The van der Waals surface area contributed by atoms with E-state index in [0.717, 1.165) is 0 Å². The third-order valence-electron chi connectivity index (χ3n) is 1.34. The molecular formula is C9H17O3P. The van der Waals surface area contributed by atoms with Gasteiger partial charge in [0, 0.05) is 12.8 Å². The van der Waals surface area contributed by atoms with Crippen molar-refractivity contribution in [3.63, 3.8) is 0 Å². The molecule has 1 unspecified atom stereocenters. The highest BCUT2D eigenvalue weighted by atomic mass is 31.1. The van der Waals surface area contributed by atoms with Crippen molar-refractivity contribution in [3.05, 3.63) is 12.4 Å². The SMILES string of the molecule is C=CP(CCC(=O)OCC)OCC. The highest BCUT2D eigenvalue weighted by molar-refractivity contribution is 7.55. The molecule has 3 nitrogen and oxygen atoms in total. The van der Waals surface area contributed by atoms with Crippen LogP contribution in [0.1, 0.15) is 20.3 Å². The molecule has 0 spiro atoms. The maximum Gasteiger partial charge on any atom is 0.306 e. The van der Waals surface area contributed by atoms with Gasteiger partial charge >= 0.3 is 5.97 Å². The topological polar surface area (TPSA) is 35.5 Å². The van der Waals surface area contributed by atoms with E-state index in [1.54, 1.807) is 12.7 Å². The second-order valence-corrected chi connectivity index (χ2v) is 4.20. The number of ether oxygens (including phenoxy) is 1. The van der Waals surface area contributed by atoms with Crippen LogP contribution in [0.25, 0.3) is 0 Å². The quantitative estimate of drug-likeness (QED) is 0.472. The van der Waals surface area contributed by atoms with E-state index in [4.69, 9.17) is 9.26 Å². The normalized spacial score (nSPS) is 12.2. The Kier molecular flexibility index (Phi) is 7.96. The Morgan fingerprint density at radius 2 is 2.15 bits per heavy atom. The van der Waals surface area contributed by atoms with Gasteiger partial charge in [-0.2, -0.15) is 0 Å². The molecule has 0 rings (SSSR count). The van der Waals surface area contributed by atoms with E-state index in [2.05, 4.69) is 6.58 Å². The Morgan fingerprint density at radius 3 is 2.62 bits per heavy atom. The predicted molar refractivity (Wildman–Crippen MR) is 54.9 cm³/mol. The van der Waals surface area contributed by atoms with Crippen LogP contribution in [0.3, 0.4) is 0 Å². The van der Waals surface area contributed by atoms with E-state index in [-0.39, 0.29) is 5.97 Å². The average molecular weight is 204 g/mol. The Hall–Kier alpha value is -0.400. The van der Waals surface area contributed by atoms with E-state index >= 15 is 0 Å². The summed E-state index contributed by atoms with van der Waals surface area (Å²) in [6.07, 6.45) is 1.14. The lowest BCUT2D eigenvalue weighted by Crippen LogP contribution is -2.05. The number of carbonyl (C=O) groups is 1. The Balaban J connectivity index is 3.58. The zero-order chi connectivity index (χ0) is 10.1. The molecule has 0 amide bonds. The standard InChI is InChI=1S/C9H17O3P/c1-4-11-9(10)7-8-13(6-3)12-5-2/h6H,3-5,7-8H2,1-2H3. The molecule has 1 atom stereocenters. The first-order chi connectivity index (χ1) is 6.24. The lowest BCUT2D eigenvalue weighted by Gasteiger charge is -2.10. The van der Waals surface area contributed by atoms with E-state index in [9.17, 15) is 4.79 Å². The molecule has 0 aliphatic rings. The van der Waals surface area contributed by atoms with Crippen LogP contribution in [0.5, 0.6) is 0 Å². The first-order valence-corrected chi connectivity index (χ1v) is 5.93. The van der Waals surface area contributed by atoms with Crippen LogP contribution in [0.4, 0.5) is 0 Å². The summed E-state index contributed by atoms with van der Waals surface area (Å²) in [5.74, 6) is 1.62. The highest BCUT2D eigenvalue weighted by Gasteiger charge is 2.07. The van der Waals surface area contributed by atoms with Gasteiger partial charge in [-0.15, -0.1) is 0 Å². The third kappa shape index (κ3) is 6.73. The van der Waals surface area contributed by atoms with Crippen molar-refractivity contribution >= 4 is 14.1 Å². The summed E-state index contributed by atoms with van der Waals surface area (Å²) in [5, 5.41) is 0. The molecule has 0 aromatic rings. The van der Waals surface area contributed by atoms with Crippen molar-refractivity contribution in [2.75, 3.05) is 19.4 Å². The van der Waals surface area contributed by atoms with Crippen LogP contribution in [0, 0.1) is 0 Å². The van der Waals surface area contributed by atoms with Crippen molar-refractivity contribution < 1.29 is 14.1 Å². The van der Waals surface area contributed by atoms with E-state index in [1.807, 2.05) is 6.92 Å². The largest absolute Gasteiger partial charge is 0.466 e. The lowest BCUT2D eigenvalue weighted by molar-refractivity contribution is -0.142. The lowest BCUT2D eigenvalue weighted by atomic mass is 10.5. The summed E-state index contributed by atoms with van der Waals surface area (Å²) in [4.78, 5) is 11.0. The Morgan fingerprint density at radius 1 is 1.46 bits per heavy atom. The van der Waals surface area contributed by atoms with Gasteiger partial charge in [0.2, 0.25) is 0 Å². The minimum Gasteiger partial charge on any atom is -0.466 e. The van der Waals surface area contributed by atoms with Gasteiger partial charge in [0.05, 0.1) is 21.2 Å². The average Bonchev–Trinajstić information content (AvgIpc) is 2.12. The predicted octanol–water partition coefficient (Wildman–Crippen LogP) is 2.52. The van der Waals surface area contributed by atoms with Crippen LogP contribution < -0.4 is 0 Å². The highest BCUT2D eigenvalue weighted by Crippen LogP contribution is 2.38. The molecule has 0 aromatic carbocycles. The molecule has 0 aliphatic heterocycles. The van der Waals surface area contributed by atoms with Crippen molar-refractivity contribution in [3.8, 4) is 0 Å². The van der Waals surface area contributed by atoms with Crippen molar-refractivity contribution in [2.24, 2.45) is 0 Å². The number of hydrogen-bond donors (Lipinski definition) is 0. The van der Waals surface area contributed by atoms with Gasteiger partial charge in [0.25, 0.3) is 0 Å². The molecule has 0 radical (unpaired) electrons. The molecule has 0 aliphatic carbocycles. The van der Waals surface area contributed by atoms with Crippen LogP contribution >= 0.6 is 8.15 Å². The van der Waals surface area contributed by atoms with Gasteiger partial charge in [-0.05, 0) is 19.7 Å². The number of rotatable bonds is 7. The molecule has 4 heteroatoms. The summed E-state index contributed by atoms with van der Waals surface area (Å²) >= 11 is 0. The van der Waals surface area contributed by atoms with Gasteiger partial charge in [0.1, 0.15) is 0 Å². The van der Waals surface area contributed by atoms with Gasteiger partial charge in [-0.3, -0.25) is 4.79 Å². The van der Waals surface area contributed by atoms with E-state index in [1.165, 1.54) is 0 Å². The van der Waals surface area contributed by atoms with Crippen LogP contribution in [-0.2, 0) is 14.1 Å². The fourth-order valence-electron chi connectivity index (χ4n) is 0.809. The summed E-state index contributed by atoms with van der Waals surface area (Å²) in [7, 11) is -0.639. The first-order valence-electron chi connectivity index (χ1n) is 4.42. The minimum absolute atomic E-state index is 0.156. The zero-order valence-corrected chi connectivity index (χ0v) is 9.18. The van der Waals surface area contributed by atoms with Crippen molar-refractivity contribution in [1.29, 1.82) is 0 Å². The zero-order valence-electron chi connectivity index (χ0n) is 8.28. The second kappa shape index (κ2) is 8.21. The molecule has 0 saturated heterocycles. The fraction of sp³-hybridized carbons (Fsp3) is 0.667. The maximum absolute atomic E-state index is 11.0. The monoisotopic (exact) mass is 204 g/mol. The van der Waals surface area contributed by atoms with Crippen LogP contribution in [0.15, 0.2) is 12.4 Å². The summed E-state index contributed by atoms with van der Waals surface area (Å²) in [6, 6.07) is 0.